The number of carboxylic acids is 1. The van der Waals surface area contributed by atoms with Crippen molar-refractivity contribution in [3.8, 4) is 0 Å². The highest BCUT2D eigenvalue weighted by Gasteiger charge is 2.74. The Labute approximate surface area is 80.6 Å². The molecule has 2 aliphatic carbocycles. The number of carbonyl (C=O) groups is 1. The van der Waals surface area contributed by atoms with E-state index in [2.05, 4.69) is 0 Å². The number of rotatable bonds is 1. The molecule has 0 saturated heterocycles. The van der Waals surface area contributed by atoms with Crippen LogP contribution in [0.15, 0.2) is 11.1 Å². The van der Waals surface area contributed by atoms with Crippen LogP contribution in [0.1, 0.15) is 27.2 Å². The predicted molar refractivity (Wildman–Crippen MR) is 46.1 cm³/mol. The van der Waals surface area contributed by atoms with Crippen molar-refractivity contribution >= 4 is 5.97 Å². The van der Waals surface area contributed by atoms with Gasteiger partial charge in [-0.05, 0) is 12.5 Å². The first-order valence-corrected chi connectivity index (χ1v) is 4.51. The monoisotopic (exact) mass is 202 g/mol. The molecular formula is C10H12F2O2. The highest BCUT2D eigenvalue weighted by molar-refractivity contribution is 5.88. The van der Waals surface area contributed by atoms with Crippen molar-refractivity contribution in [3.05, 3.63) is 11.1 Å². The molecule has 1 atom stereocenters. The quantitative estimate of drug-likeness (QED) is 0.663. The van der Waals surface area contributed by atoms with E-state index in [-0.39, 0.29) is 12.0 Å². The molecule has 0 aliphatic heterocycles. The van der Waals surface area contributed by atoms with Crippen LogP contribution in [-0.4, -0.2) is 17.0 Å². The summed E-state index contributed by atoms with van der Waals surface area (Å²) in [7, 11) is 0. The van der Waals surface area contributed by atoms with Gasteiger partial charge in [-0.2, -0.15) is 0 Å². The molecule has 0 radical (unpaired) electrons. The van der Waals surface area contributed by atoms with E-state index < -0.39 is 22.7 Å². The number of hydrogen-bond acceptors (Lipinski definition) is 1. The highest BCUT2D eigenvalue weighted by atomic mass is 19.3. The normalized spacial score (nSPS) is 42.1. The molecule has 2 aliphatic rings. The molecule has 1 unspecified atom stereocenters. The zero-order valence-corrected chi connectivity index (χ0v) is 8.32. The predicted octanol–water partition coefficient (Wildman–Crippen LogP) is 2.45. The van der Waals surface area contributed by atoms with E-state index in [1.807, 2.05) is 0 Å². The van der Waals surface area contributed by atoms with Crippen molar-refractivity contribution in [2.45, 2.75) is 33.1 Å². The van der Waals surface area contributed by atoms with Crippen LogP contribution in [0.5, 0.6) is 0 Å². The van der Waals surface area contributed by atoms with Gasteiger partial charge in [-0.1, -0.05) is 13.8 Å². The van der Waals surface area contributed by atoms with Crippen LogP contribution in [-0.2, 0) is 4.79 Å². The number of carboxylic acid groups (broad SMARTS) is 1. The van der Waals surface area contributed by atoms with Crippen LogP contribution in [0.3, 0.4) is 0 Å². The Balaban J connectivity index is 2.45. The van der Waals surface area contributed by atoms with Crippen molar-refractivity contribution in [2.75, 3.05) is 0 Å². The molecule has 0 spiro atoms. The van der Waals surface area contributed by atoms with Crippen molar-refractivity contribution in [2.24, 2.45) is 10.8 Å². The van der Waals surface area contributed by atoms with Crippen LogP contribution in [0.25, 0.3) is 0 Å². The van der Waals surface area contributed by atoms with Gasteiger partial charge in [-0.3, -0.25) is 4.79 Å². The van der Waals surface area contributed by atoms with Gasteiger partial charge < -0.3 is 5.11 Å². The van der Waals surface area contributed by atoms with Crippen molar-refractivity contribution in [3.63, 3.8) is 0 Å². The van der Waals surface area contributed by atoms with Gasteiger partial charge in [0.2, 0.25) is 0 Å². The van der Waals surface area contributed by atoms with Crippen molar-refractivity contribution in [1.82, 2.24) is 0 Å². The second kappa shape index (κ2) is 2.02. The summed E-state index contributed by atoms with van der Waals surface area (Å²) >= 11 is 0. The molecule has 0 amide bonds. The molecular weight excluding hydrogens is 190 g/mol. The fourth-order valence-electron chi connectivity index (χ4n) is 2.35. The minimum Gasteiger partial charge on any atom is -0.481 e. The van der Waals surface area contributed by atoms with Gasteiger partial charge in [-0.25, -0.2) is 8.78 Å². The molecule has 2 fully saturated rings. The Kier molecular flexibility index (Phi) is 1.39. The van der Waals surface area contributed by atoms with Gasteiger partial charge in [0.25, 0.3) is 5.92 Å². The fourth-order valence-corrected chi connectivity index (χ4v) is 2.35. The molecule has 78 valence electrons. The summed E-state index contributed by atoms with van der Waals surface area (Å²) in [6.45, 7) is 4.93. The van der Waals surface area contributed by atoms with Gasteiger partial charge in [0.1, 0.15) is 0 Å². The highest BCUT2D eigenvalue weighted by Crippen LogP contribution is 2.74. The summed E-state index contributed by atoms with van der Waals surface area (Å²) in [6.07, 6.45) is -0.255. The summed E-state index contributed by atoms with van der Waals surface area (Å²) in [5.74, 6) is -3.74. The van der Waals surface area contributed by atoms with E-state index in [0.29, 0.717) is 5.57 Å². The second-order valence-corrected chi connectivity index (χ2v) is 4.79. The van der Waals surface area contributed by atoms with Gasteiger partial charge in [-0.15, -0.1) is 0 Å². The molecule has 0 aromatic carbocycles. The van der Waals surface area contributed by atoms with E-state index in [1.54, 1.807) is 13.8 Å². The molecule has 0 heterocycles. The fraction of sp³-hybridized carbons (Fsp3) is 0.700. The van der Waals surface area contributed by atoms with Gasteiger partial charge in [0, 0.05) is 17.4 Å². The van der Waals surface area contributed by atoms with E-state index in [1.165, 1.54) is 6.92 Å². The number of alkyl halides is 2. The summed E-state index contributed by atoms with van der Waals surface area (Å²) in [6, 6.07) is 0. The summed E-state index contributed by atoms with van der Waals surface area (Å²) in [4.78, 5) is 11.0. The molecule has 2 rings (SSSR count). The van der Waals surface area contributed by atoms with Crippen molar-refractivity contribution in [1.29, 1.82) is 0 Å². The SMILES string of the molecule is CC1(C)C(=C2CC2(F)F)C1(C)C(=O)O. The van der Waals surface area contributed by atoms with E-state index in [4.69, 9.17) is 5.11 Å². The summed E-state index contributed by atoms with van der Waals surface area (Å²) < 4.78 is 25.6. The number of allylic oxidation sites excluding steroid dienone is 1. The first-order chi connectivity index (χ1) is 6.15. The third-order valence-electron chi connectivity index (χ3n) is 3.76. The lowest BCUT2D eigenvalue weighted by molar-refractivity contribution is -0.143. The molecule has 0 aromatic heterocycles. The van der Waals surface area contributed by atoms with Crippen LogP contribution < -0.4 is 0 Å². The molecule has 0 bridgehead atoms. The standard InChI is InChI=1S/C10H12F2O2/c1-8(2)6(5-4-10(5,11)12)9(8,3)7(13)14/h4H2,1-3H3,(H,13,14). The maximum Gasteiger partial charge on any atom is 0.314 e. The lowest BCUT2D eigenvalue weighted by Gasteiger charge is -2.05. The Bertz CT molecular complexity index is 368. The van der Waals surface area contributed by atoms with Gasteiger partial charge >= 0.3 is 5.97 Å². The average molecular weight is 202 g/mol. The first kappa shape index (κ1) is 9.62. The van der Waals surface area contributed by atoms with E-state index in [0.717, 1.165) is 0 Å². The molecule has 14 heavy (non-hydrogen) atoms. The third-order valence-corrected chi connectivity index (χ3v) is 3.76. The lowest BCUT2D eigenvalue weighted by atomic mass is 9.99. The van der Waals surface area contributed by atoms with E-state index >= 15 is 0 Å². The number of hydrogen-bond donors (Lipinski definition) is 1. The van der Waals surface area contributed by atoms with Crippen molar-refractivity contribution < 1.29 is 18.7 Å². The molecule has 2 saturated carbocycles. The number of halogens is 2. The van der Waals surface area contributed by atoms with Gasteiger partial charge in [0.15, 0.2) is 0 Å². The topological polar surface area (TPSA) is 37.3 Å². The second-order valence-electron chi connectivity index (χ2n) is 4.79. The zero-order chi connectivity index (χ0) is 10.9. The average Bonchev–Trinajstić information content (AvgIpc) is 2.70. The zero-order valence-electron chi connectivity index (χ0n) is 8.32. The Morgan fingerprint density at radius 3 is 2.00 bits per heavy atom. The molecule has 2 nitrogen and oxygen atoms in total. The minimum atomic E-state index is -2.74. The van der Waals surface area contributed by atoms with E-state index in [9.17, 15) is 13.6 Å². The van der Waals surface area contributed by atoms with Crippen LogP contribution in [0, 0.1) is 10.8 Å². The minimum absolute atomic E-state index is 0.0485. The largest absolute Gasteiger partial charge is 0.481 e. The Morgan fingerprint density at radius 1 is 1.36 bits per heavy atom. The molecule has 1 N–H and O–H groups in total. The summed E-state index contributed by atoms with van der Waals surface area (Å²) in [5, 5.41) is 8.99. The smallest absolute Gasteiger partial charge is 0.314 e. The van der Waals surface area contributed by atoms with Crippen LogP contribution >= 0.6 is 0 Å². The van der Waals surface area contributed by atoms with Gasteiger partial charge in [0.05, 0.1) is 5.41 Å². The third kappa shape index (κ3) is 0.817. The molecule has 0 aromatic rings. The summed E-state index contributed by atoms with van der Waals surface area (Å²) in [5.41, 5.74) is -1.22. The first-order valence-electron chi connectivity index (χ1n) is 4.51. The maximum atomic E-state index is 12.8. The Morgan fingerprint density at radius 2 is 1.79 bits per heavy atom. The number of aliphatic carboxylic acids is 1. The maximum absolute atomic E-state index is 12.8. The molecule has 4 heteroatoms. The lowest BCUT2D eigenvalue weighted by Crippen LogP contribution is -2.16. The van der Waals surface area contributed by atoms with Crippen LogP contribution in [0.2, 0.25) is 0 Å². The van der Waals surface area contributed by atoms with Crippen LogP contribution in [0.4, 0.5) is 8.78 Å². The Hall–Kier alpha value is -0.930.